The first-order chi connectivity index (χ1) is 5.95. The molecule has 0 saturated heterocycles. The topological polar surface area (TPSA) is 77.8 Å². The van der Waals surface area contributed by atoms with E-state index < -0.39 is 34.7 Å². The van der Waals surface area contributed by atoms with Crippen LogP contribution in [0.25, 0.3) is 0 Å². The lowest BCUT2D eigenvalue weighted by Gasteiger charge is -2.02. The second-order valence-corrected chi connectivity index (χ2v) is 2.22. The van der Waals surface area contributed by atoms with Gasteiger partial charge in [-0.15, -0.1) is 0 Å². The van der Waals surface area contributed by atoms with Crippen molar-refractivity contribution in [1.29, 1.82) is 0 Å². The Morgan fingerprint density at radius 1 is 1.23 bits per heavy atom. The first kappa shape index (κ1) is 9.24. The molecule has 13 heavy (non-hydrogen) atoms. The van der Waals surface area contributed by atoms with Crippen molar-refractivity contribution in [3.8, 4) is 11.5 Å². The molecule has 0 unspecified atom stereocenters. The fraction of sp³-hybridized carbons (Fsp3) is 0. The van der Waals surface area contributed by atoms with E-state index in [4.69, 9.17) is 15.3 Å². The first-order valence-electron chi connectivity index (χ1n) is 3.08. The minimum atomic E-state index is -1.71. The summed E-state index contributed by atoms with van der Waals surface area (Å²) in [5, 5.41) is 25.7. The summed E-state index contributed by atoms with van der Waals surface area (Å²) in [7, 11) is 0. The Kier molecular flexibility index (Phi) is 2.05. The van der Waals surface area contributed by atoms with Crippen molar-refractivity contribution in [2.75, 3.05) is 0 Å². The number of phenolic OH excluding ortho intramolecular Hbond substituents is 2. The van der Waals surface area contributed by atoms with E-state index in [1.54, 1.807) is 0 Å². The number of halogens is 2. The van der Waals surface area contributed by atoms with Crippen LogP contribution < -0.4 is 0 Å². The van der Waals surface area contributed by atoms with E-state index in [1.807, 2.05) is 0 Å². The molecule has 0 bridgehead atoms. The number of phenols is 2. The third kappa shape index (κ3) is 1.37. The van der Waals surface area contributed by atoms with Gasteiger partial charge in [-0.3, -0.25) is 0 Å². The van der Waals surface area contributed by atoms with Gasteiger partial charge in [-0.1, -0.05) is 0 Å². The van der Waals surface area contributed by atoms with Crippen molar-refractivity contribution < 1.29 is 28.9 Å². The Bertz CT molecular complexity index is 375. The molecule has 0 radical (unpaired) electrons. The standard InChI is InChI=1S/C7H4F2O4/c8-4-2(7(12)13)1-3(10)5(9)6(4)11/h1,10-11H,(H,12,13). The summed E-state index contributed by atoms with van der Waals surface area (Å²) in [5.74, 6) is -7.51. The number of hydrogen-bond acceptors (Lipinski definition) is 3. The second-order valence-electron chi connectivity index (χ2n) is 2.22. The highest BCUT2D eigenvalue weighted by Gasteiger charge is 2.21. The molecule has 0 heterocycles. The van der Waals surface area contributed by atoms with Crippen molar-refractivity contribution in [2.45, 2.75) is 0 Å². The molecule has 4 nitrogen and oxygen atoms in total. The van der Waals surface area contributed by atoms with Gasteiger partial charge in [-0.2, -0.15) is 4.39 Å². The average molecular weight is 190 g/mol. The molecule has 0 aliphatic heterocycles. The zero-order chi connectivity index (χ0) is 10.2. The summed E-state index contributed by atoms with van der Waals surface area (Å²) >= 11 is 0. The SMILES string of the molecule is O=C(O)c1cc(O)c(F)c(O)c1F. The molecule has 70 valence electrons. The summed E-state index contributed by atoms with van der Waals surface area (Å²) in [6.07, 6.45) is 0. The number of rotatable bonds is 1. The largest absolute Gasteiger partial charge is 0.505 e. The molecule has 1 rings (SSSR count). The number of carbonyl (C=O) groups is 1. The quantitative estimate of drug-likeness (QED) is 0.619. The summed E-state index contributed by atoms with van der Waals surface area (Å²) in [4.78, 5) is 10.3. The third-order valence-corrected chi connectivity index (χ3v) is 1.39. The van der Waals surface area contributed by atoms with Gasteiger partial charge in [0.25, 0.3) is 0 Å². The molecule has 6 heteroatoms. The zero-order valence-corrected chi connectivity index (χ0v) is 6.08. The van der Waals surface area contributed by atoms with Crippen molar-refractivity contribution >= 4 is 5.97 Å². The summed E-state index contributed by atoms with van der Waals surface area (Å²) < 4.78 is 25.2. The molecule has 0 atom stereocenters. The maximum Gasteiger partial charge on any atom is 0.338 e. The Morgan fingerprint density at radius 2 is 1.77 bits per heavy atom. The third-order valence-electron chi connectivity index (χ3n) is 1.39. The van der Waals surface area contributed by atoms with Gasteiger partial charge in [0.2, 0.25) is 5.82 Å². The van der Waals surface area contributed by atoms with Gasteiger partial charge in [0.05, 0.1) is 0 Å². The van der Waals surface area contributed by atoms with Gasteiger partial charge in [0.15, 0.2) is 17.3 Å². The maximum absolute atomic E-state index is 12.7. The van der Waals surface area contributed by atoms with Crippen LogP contribution in [0.4, 0.5) is 8.78 Å². The van der Waals surface area contributed by atoms with Crippen LogP contribution in [-0.2, 0) is 0 Å². The molecule has 0 fully saturated rings. The number of carboxylic acids is 1. The highest BCUT2D eigenvalue weighted by atomic mass is 19.1. The minimum Gasteiger partial charge on any atom is -0.505 e. The van der Waals surface area contributed by atoms with Crippen LogP contribution in [0.2, 0.25) is 0 Å². The molecule has 1 aromatic carbocycles. The molecule has 0 aromatic heterocycles. The first-order valence-corrected chi connectivity index (χ1v) is 3.08. The molecule has 0 spiro atoms. The molecule has 0 aliphatic carbocycles. The van der Waals surface area contributed by atoms with Crippen LogP contribution in [0.5, 0.6) is 11.5 Å². The predicted octanol–water partition coefficient (Wildman–Crippen LogP) is 1.07. The van der Waals surface area contributed by atoms with E-state index in [-0.39, 0.29) is 0 Å². The van der Waals surface area contributed by atoms with Gasteiger partial charge < -0.3 is 15.3 Å². The maximum atomic E-state index is 12.7. The van der Waals surface area contributed by atoms with Crippen LogP contribution in [0.1, 0.15) is 10.4 Å². The minimum absolute atomic E-state index is 0.382. The van der Waals surface area contributed by atoms with Gasteiger partial charge in [0, 0.05) is 6.07 Å². The Balaban J connectivity index is 3.50. The van der Waals surface area contributed by atoms with Crippen molar-refractivity contribution in [3.05, 3.63) is 23.3 Å². The lowest BCUT2D eigenvalue weighted by atomic mass is 10.2. The van der Waals surface area contributed by atoms with Gasteiger partial charge >= 0.3 is 5.97 Å². The monoisotopic (exact) mass is 190 g/mol. The van der Waals surface area contributed by atoms with Gasteiger partial charge in [0.1, 0.15) is 5.56 Å². The van der Waals surface area contributed by atoms with Crippen LogP contribution in [0.15, 0.2) is 6.07 Å². The number of aromatic hydroxyl groups is 2. The molecule has 3 N–H and O–H groups in total. The van der Waals surface area contributed by atoms with Crippen molar-refractivity contribution in [3.63, 3.8) is 0 Å². The predicted molar refractivity (Wildman–Crippen MR) is 36.6 cm³/mol. The normalized spacial score (nSPS) is 10.0. The lowest BCUT2D eigenvalue weighted by molar-refractivity contribution is 0.0690. The fourth-order valence-corrected chi connectivity index (χ4v) is 0.764. The number of carboxylic acid groups (broad SMARTS) is 1. The molecule has 0 saturated carbocycles. The van der Waals surface area contributed by atoms with Crippen LogP contribution in [0.3, 0.4) is 0 Å². The van der Waals surface area contributed by atoms with E-state index in [1.165, 1.54) is 0 Å². The Hall–Kier alpha value is -1.85. The van der Waals surface area contributed by atoms with Crippen LogP contribution in [0, 0.1) is 11.6 Å². The van der Waals surface area contributed by atoms with E-state index >= 15 is 0 Å². The zero-order valence-electron chi connectivity index (χ0n) is 6.08. The number of aromatic carboxylic acids is 1. The molecular formula is C7H4F2O4. The van der Waals surface area contributed by atoms with E-state index in [2.05, 4.69) is 0 Å². The van der Waals surface area contributed by atoms with Crippen molar-refractivity contribution in [1.82, 2.24) is 0 Å². The number of benzene rings is 1. The van der Waals surface area contributed by atoms with Gasteiger partial charge in [-0.05, 0) is 0 Å². The molecule has 0 amide bonds. The smallest absolute Gasteiger partial charge is 0.338 e. The van der Waals surface area contributed by atoms with Crippen LogP contribution in [-0.4, -0.2) is 21.3 Å². The fourth-order valence-electron chi connectivity index (χ4n) is 0.764. The summed E-state index contributed by atoms with van der Waals surface area (Å²) in [5.41, 5.74) is -0.989. The highest BCUT2D eigenvalue weighted by molar-refractivity contribution is 5.89. The highest BCUT2D eigenvalue weighted by Crippen LogP contribution is 2.30. The van der Waals surface area contributed by atoms with Crippen LogP contribution >= 0.6 is 0 Å². The summed E-state index contributed by atoms with van der Waals surface area (Å²) in [6.45, 7) is 0. The molecule has 0 aliphatic rings. The lowest BCUT2D eigenvalue weighted by Crippen LogP contribution is -2.01. The van der Waals surface area contributed by atoms with Gasteiger partial charge in [-0.25, -0.2) is 9.18 Å². The number of hydrogen-bond donors (Lipinski definition) is 3. The Labute approximate surface area is 70.7 Å². The second kappa shape index (κ2) is 2.89. The van der Waals surface area contributed by atoms with E-state index in [9.17, 15) is 13.6 Å². The summed E-state index contributed by atoms with van der Waals surface area (Å²) in [6, 6.07) is 0.382. The Morgan fingerprint density at radius 3 is 2.23 bits per heavy atom. The van der Waals surface area contributed by atoms with E-state index in [0.29, 0.717) is 6.07 Å². The van der Waals surface area contributed by atoms with E-state index in [0.717, 1.165) is 0 Å². The molecular weight excluding hydrogens is 186 g/mol. The van der Waals surface area contributed by atoms with Crippen molar-refractivity contribution in [2.24, 2.45) is 0 Å². The molecule has 1 aromatic rings. The average Bonchev–Trinajstić information content (AvgIpc) is 2.07.